The lowest BCUT2D eigenvalue weighted by atomic mass is 10.1. The average Bonchev–Trinajstić information content (AvgIpc) is 2.96. The summed E-state index contributed by atoms with van der Waals surface area (Å²) in [6.07, 6.45) is 4.36. The topological polar surface area (TPSA) is 62.3 Å². The van der Waals surface area contributed by atoms with E-state index in [0.29, 0.717) is 19.4 Å². The number of carbonyl (C=O) groups excluding carboxylic acids is 2. The maximum atomic E-state index is 12.5. The van der Waals surface area contributed by atoms with Gasteiger partial charge in [0, 0.05) is 31.0 Å². The van der Waals surface area contributed by atoms with Gasteiger partial charge in [0.1, 0.15) is 6.04 Å². The molecular formula is C18H19N3O2. The fourth-order valence-corrected chi connectivity index (χ4v) is 2.77. The smallest absolute Gasteiger partial charge is 0.243 e. The number of hydrogen-bond donors (Lipinski definition) is 1. The first-order valence-corrected chi connectivity index (χ1v) is 7.70. The molecule has 0 aliphatic carbocycles. The molecule has 1 aliphatic heterocycles. The second-order valence-corrected chi connectivity index (χ2v) is 5.73. The third-order valence-electron chi connectivity index (χ3n) is 4.02. The lowest BCUT2D eigenvalue weighted by Gasteiger charge is -2.24. The van der Waals surface area contributed by atoms with Gasteiger partial charge in [0.15, 0.2) is 0 Å². The monoisotopic (exact) mass is 309 g/mol. The number of hydrogen-bond acceptors (Lipinski definition) is 3. The molecule has 0 bridgehead atoms. The molecule has 1 N–H and O–H groups in total. The largest absolute Gasteiger partial charge is 0.350 e. The van der Waals surface area contributed by atoms with Crippen molar-refractivity contribution in [3.05, 3.63) is 59.9 Å². The van der Waals surface area contributed by atoms with Crippen LogP contribution in [0, 0.1) is 6.92 Å². The predicted octanol–water partition coefficient (Wildman–Crippen LogP) is 2.20. The Kier molecular flexibility index (Phi) is 4.37. The normalized spacial score (nSPS) is 17.3. The summed E-state index contributed by atoms with van der Waals surface area (Å²) >= 11 is 0. The highest BCUT2D eigenvalue weighted by Crippen LogP contribution is 2.27. The van der Waals surface area contributed by atoms with E-state index >= 15 is 0 Å². The Morgan fingerprint density at radius 3 is 2.78 bits per heavy atom. The van der Waals surface area contributed by atoms with Crippen molar-refractivity contribution < 1.29 is 9.59 Å². The van der Waals surface area contributed by atoms with Gasteiger partial charge in [0.25, 0.3) is 0 Å². The molecule has 2 aromatic rings. The second kappa shape index (κ2) is 6.60. The minimum Gasteiger partial charge on any atom is -0.350 e. The zero-order valence-corrected chi connectivity index (χ0v) is 13.0. The molecule has 1 aromatic carbocycles. The van der Waals surface area contributed by atoms with Gasteiger partial charge >= 0.3 is 0 Å². The number of benzene rings is 1. The number of aromatic nitrogens is 1. The average molecular weight is 309 g/mol. The van der Waals surface area contributed by atoms with Gasteiger partial charge in [-0.25, -0.2) is 0 Å². The molecule has 1 aromatic heterocycles. The SMILES string of the molecule is Cc1ccc(N2C(=O)CCC2C(=O)NCc2cccnc2)cc1. The Bertz CT molecular complexity index is 698. The van der Waals surface area contributed by atoms with E-state index in [0.717, 1.165) is 16.8 Å². The van der Waals surface area contributed by atoms with Gasteiger partial charge in [-0.15, -0.1) is 0 Å². The van der Waals surface area contributed by atoms with Crippen molar-refractivity contribution in [3.8, 4) is 0 Å². The van der Waals surface area contributed by atoms with Gasteiger partial charge in [-0.3, -0.25) is 19.5 Å². The lowest BCUT2D eigenvalue weighted by molar-refractivity contribution is -0.124. The third kappa shape index (κ3) is 3.39. The van der Waals surface area contributed by atoms with Crippen LogP contribution in [0.3, 0.4) is 0 Å². The molecule has 0 saturated carbocycles. The van der Waals surface area contributed by atoms with Crippen LogP contribution in [0.2, 0.25) is 0 Å². The van der Waals surface area contributed by atoms with Crippen molar-refractivity contribution in [3.63, 3.8) is 0 Å². The summed E-state index contributed by atoms with van der Waals surface area (Å²) < 4.78 is 0. The standard InChI is InChI=1S/C18H19N3O2/c1-13-4-6-15(7-5-13)21-16(8-9-17(21)22)18(23)20-12-14-3-2-10-19-11-14/h2-7,10-11,16H,8-9,12H2,1H3,(H,20,23). The summed E-state index contributed by atoms with van der Waals surface area (Å²) in [5.41, 5.74) is 2.84. The van der Waals surface area contributed by atoms with E-state index in [2.05, 4.69) is 10.3 Å². The maximum Gasteiger partial charge on any atom is 0.243 e. The van der Waals surface area contributed by atoms with Gasteiger partial charge in [0.2, 0.25) is 11.8 Å². The molecule has 2 heterocycles. The summed E-state index contributed by atoms with van der Waals surface area (Å²) in [5, 5.41) is 2.90. The molecule has 0 spiro atoms. The van der Waals surface area contributed by atoms with Crippen molar-refractivity contribution in [1.82, 2.24) is 10.3 Å². The summed E-state index contributed by atoms with van der Waals surface area (Å²) in [6.45, 7) is 2.41. The Morgan fingerprint density at radius 2 is 2.09 bits per heavy atom. The van der Waals surface area contributed by atoms with E-state index in [9.17, 15) is 9.59 Å². The molecular weight excluding hydrogens is 290 g/mol. The van der Waals surface area contributed by atoms with Crippen LogP contribution in [-0.4, -0.2) is 22.8 Å². The van der Waals surface area contributed by atoms with Gasteiger partial charge in [-0.2, -0.15) is 0 Å². The van der Waals surface area contributed by atoms with Crippen LogP contribution in [0.15, 0.2) is 48.8 Å². The first kappa shape index (κ1) is 15.2. The van der Waals surface area contributed by atoms with E-state index in [1.165, 1.54) is 0 Å². The molecule has 1 fully saturated rings. The molecule has 0 radical (unpaired) electrons. The molecule has 5 nitrogen and oxygen atoms in total. The van der Waals surface area contributed by atoms with Crippen LogP contribution in [-0.2, 0) is 16.1 Å². The summed E-state index contributed by atoms with van der Waals surface area (Å²) in [5.74, 6) is -0.129. The number of nitrogens with zero attached hydrogens (tertiary/aromatic N) is 2. The van der Waals surface area contributed by atoms with E-state index in [-0.39, 0.29) is 11.8 Å². The third-order valence-corrected chi connectivity index (χ3v) is 4.02. The number of amides is 2. The van der Waals surface area contributed by atoms with Crippen LogP contribution < -0.4 is 10.2 Å². The van der Waals surface area contributed by atoms with Crippen molar-refractivity contribution >= 4 is 17.5 Å². The van der Waals surface area contributed by atoms with Gasteiger partial charge in [-0.1, -0.05) is 23.8 Å². The maximum absolute atomic E-state index is 12.5. The van der Waals surface area contributed by atoms with Crippen LogP contribution in [0.1, 0.15) is 24.0 Å². The number of aryl methyl sites for hydroxylation is 1. The number of rotatable bonds is 4. The Balaban J connectivity index is 1.71. The lowest BCUT2D eigenvalue weighted by Crippen LogP contribution is -2.44. The highest BCUT2D eigenvalue weighted by Gasteiger charge is 2.36. The van der Waals surface area contributed by atoms with Crippen molar-refractivity contribution in [2.75, 3.05) is 4.90 Å². The minimum absolute atomic E-state index is 0.00428. The molecule has 2 amide bonds. The summed E-state index contributed by atoms with van der Waals surface area (Å²) in [4.78, 5) is 30.3. The molecule has 118 valence electrons. The summed E-state index contributed by atoms with van der Waals surface area (Å²) in [7, 11) is 0. The number of pyridine rings is 1. The van der Waals surface area contributed by atoms with E-state index in [1.54, 1.807) is 17.3 Å². The zero-order chi connectivity index (χ0) is 16.2. The highest BCUT2D eigenvalue weighted by molar-refractivity contribution is 6.03. The molecule has 23 heavy (non-hydrogen) atoms. The minimum atomic E-state index is -0.443. The molecule has 1 aliphatic rings. The predicted molar refractivity (Wildman–Crippen MR) is 87.8 cm³/mol. The molecule has 3 rings (SSSR count). The van der Waals surface area contributed by atoms with Crippen molar-refractivity contribution in [2.45, 2.75) is 32.4 Å². The Labute approximate surface area is 135 Å². The van der Waals surface area contributed by atoms with Crippen molar-refractivity contribution in [1.29, 1.82) is 0 Å². The molecule has 1 atom stereocenters. The van der Waals surface area contributed by atoms with Gasteiger partial charge in [0.05, 0.1) is 0 Å². The number of nitrogens with one attached hydrogen (secondary N) is 1. The quantitative estimate of drug-likeness (QED) is 0.942. The Morgan fingerprint density at radius 1 is 1.30 bits per heavy atom. The van der Waals surface area contributed by atoms with E-state index < -0.39 is 6.04 Å². The fourth-order valence-electron chi connectivity index (χ4n) is 2.77. The molecule has 1 unspecified atom stereocenters. The number of anilines is 1. The van der Waals surface area contributed by atoms with Crippen LogP contribution >= 0.6 is 0 Å². The van der Waals surface area contributed by atoms with Crippen LogP contribution in [0.5, 0.6) is 0 Å². The van der Waals surface area contributed by atoms with Crippen molar-refractivity contribution in [2.24, 2.45) is 0 Å². The second-order valence-electron chi connectivity index (χ2n) is 5.73. The van der Waals surface area contributed by atoms with Crippen LogP contribution in [0.25, 0.3) is 0 Å². The van der Waals surface area contributed by atoms with E-state index in [1.807, 2.05) is 43.3 Å². The van der Waals surface area contributed by atoms with Gasteiger partial charge < -0.3 is 5.32 Å². The van der Waals surface area contributed by atoms with E-state index in [4.69, 9.17) is 0 Å². The van der Waals surface area contributed by atoms with Gasteiger partial charge in [-0.05, 0) is 37.1 Å². The fraction of sp³-hybridized carbons (Fsp3) is 0.278. The Hall–Kier alpha value is -2.69. The highest BCUT2D eigenvalue weighted by atomic mass is 16.2. The zero-order valence-electron chi connectivity index (χ0n) is 13.0. The summed E-state index contributed by atoms with van der Waals surface area (Å²) in [6, 6.07) is 11.0. The first-order chi connectivity index (χ1) is 11.1. The first-order valence-electron chi connectivity index (χ1n) is 7.70. The molecule has 1 saturated heterocycles. The number of carbonyl (C=O) groups is 2. The van der Waals surface area contributed by atoms with Crippen LogP contribution in [0.4, 0.5) is 5.69 Å². The molecule has 5 heteroatoms.